The molecule has 2 aliphatic carbocycles. The fourth-order valence-electron chi connectivity index (χ4n) is 2.24. The average molecular weight is 232 g/mol. The Labute approximate surface area is 102 Å². The second-order valence-electron chi connectivity index (χ2n) is 5.53. The first kappa shape index (κ1) is 10.8. The maximum Gasteiger partial charge on any atom is 0.221 e. The van der Waals surface area contributed by atoms with Crippen LogP contribution in [0.3, 0.4) is 0 Å². The zero-order valence-corrected chi connectivity index (χ0v) is 10.4. The van der Waals surface area contributed by atoms with Crippen LogP contribution in [0.15, 0.2) is 6.20 Å². The van der Waals surface area contributed by atoms with Crippen LogP contribution < -0.4 is 10.6 Å². The normalized spacial score (nSPS) is 19.4. The fourth-order valence-corrected chi connectivity index (χ4v) is 2.24. The van der Waals surface area contributed by atoms with Crippen molar-refractivity contribution in [2.45, 2.75) is 32.6 Å². The summed E-state index contributed by atoms with van der Waals surface area (Å²) < 4.78 is 0. The van der Waals surface area contributed by atoms with Crippen molar-refractivity contribution in [3.8, 4) is 0 Å². The number of anilines is 2. The standard InChI is InChI=1S/C13H20N4/c1-9-6-15-13(14)16-12(9)17(7-10-2-3-10)8-11-4-5-11/h6,10-11H,2-5,7-8H2,1H3,(H2,14,15,16). The van der Waals surface area contributed by atoms with E-state index in [0.29, 0.717) is 5.95 Å². The van der Waals surface area contributed by atoms with Gasteiger partial charge in [0, 0.05) is 24.8 Å². The van der Waals surface area contributed by atoms with Crippen molar-refractivity contribution in [1.82, 2.24) is 9.97 Å². The van der Waals surface area contributed by atoms with Gasteiger partial charge in [-0.15, -0.1) is 0 Å². The van der Waals surface area contributed by atoms with E-state index >= 15 is 0 Å². The van der Waals surface area contributed by atoms with E-state index in [9.17, 15) is 0 Å². The molecule has 0 unspecified atom stereocenters. The number of hydrogen-bond donors (Lipinski definition) is 1. The first-order chi connectivity index (χ1) is 8.22. The van der Waals surface area contributed by atoms with Crippen molar-refractivity contribution in [3.05, 3.63) is 11.8 Å². The van der Waals surface area contributed by atoms with Gasteiger partial charge in [0.15, 0.2) is 0 Å². The topological polar surface area (TPSA) is 55.0 Å². The van der Waals surface area contributed by atoms with E-state index in [4.69, 9.17) is 5.73 Å². The smallest absolute Gasteiger partial charge is 0.221 e. The molecule has 0 aromatic carbocycles. The Morgan fingerprint density at radius 3 is 2.35 bits per heavy atom. The van der Waals surface area contributed by atoms with Crippen molar-refractivity contribution >= 4 is 11.8 Å². The molecular weight excluding hydrogens is 212 g/mol. The van der Waals surface area contributed by atoms with Crippen molar-refractivity contribution < 1.29 is 0 Å². The van der Waals surface area contributed by atoms with Crippen LogP contribution >= 0.6 is 0 Å². The van der Waals surface area contributed by atoms with Crippen LogP contribution in [0.5, 0.6) is 0 Å². The number of rotatable bonds is 5. The maximum absolute atomic E-state index is 5.71. The number of nitrogen functional groups attached to an aromatic ring is 1. The van der Waals surface area contributed by atoms with Crippen LogP contribution in [-0.2, 0) is 0 Å². The summed E-state index contributed by atoms with van der Waals surface area (Å²) in [6.07, 6.45) is 7.34. The van der Waals surface area contributed by atoms with Crippen molar-refractivity contribution in [2.75, 3.05) is 23.7 Å². The molecule has 2 aliphatic rings. The quantitative estimate of drug-likeness (QED) is 0.843. The molecule has 2 fully saturated rings. The van der Waals surface area contributed by atoms with Gasteiger partial charge in [0.05, 0.1) is 0 Å². The molecule has 1 aromatic heterocycles. The summed E-state index contributed by atoms with van der Waals surface area (Å²) in [7, 11) is 0. The first-order valence-electron chi connectivity index (χ1n) is 6.56. The lowest BCUT2D eigenvalue weighted by atomic mass is 10.2. The summed E-state index contributed by atoms with van der Waals surface area (Å²) in [5.41, 5.74) is 6.85. The molecule has 0 radical (unpaired) electrons. The van der Waals surface area contributed by atoms with Crippen molar-refractivity contribution in [2.24, 2.45) is 11.8 Å². The average Bonchev–Trinajstić information content (AvgIpc) is 3.15. The van der Waals surface area contributed by atoms with Gasteiger partial charge in [-0.2, -0.15) is 4.98 Å². The van der Waals surface area contributed by atoms with Gasteiger partial charge < -0.3 is 10.6 Å². The lowest BCUT2D eigenvalue weighted by Crippen LogP contribution is -2.30. The molecule has 4 nitrogen and oxygen atoms in total. The van der Waals surface area contributed by atoms with Crippen LogP contribution in [0.4, 0.5) is 11.8 Å². The van der Waals surface area contributed by atoms with Crippen molar-refractivity contribution in [3.63, 3.8) is 0 Å². The number of hydrogen-bond acceptors (Lipinski definition) is 4. The van der Waals surface area contributed by atoms with E-state index in [1.54, 1.807) is 0 Å². The van der Waals surface area contributed by atoms with Crippen LogP contribution in [0.2, 0.25) is 0 Å². The molecule has 2 N–H and O–H groups in total. The summed E-state index contributed by atoms with van der Waals surface area (Å²) in [6.45, 7) is 4.36. The largest absolute Gasteiger partial charge is 0.368 e. The molecule has 3 rings (SSSR count). The van der Waals surface area contributed by atoms with Crippen molar-refractivity contribution in [1.29, 1.82) is 0 Å². The van der Waals surface area contributed by atoms with Gasteiger partial charge in [-0.3, -0.25) is 0 Å². The zero-order chi connectivity index (χ0) is 11.8. The van der Waals surface area contributed by atoms with Gasteiger partial charge >= 0.3 is 0 Å². The minimum atomic E-state index is 0.391. The van der Waals surface area contributed by atoms with Crippen LogP contribution in [0.1, 0.15) is 31.2 Å². The summed E-state index contributed by atoms with van der Waals surface area (Å²) >= 11 is 0. The molecule has 2 saturated carbocycles. The minimum Gasteiger partial charge on any atom is -0.368 e. The second kappa shape index (κ2) is 4.17. The number of aromatic nitrogens is 2. The highest BCUT2D eigenvalue weighted by Gasteiger charge is 2.30. The van der Waals surface area contributed by atoms with Gasteiger partial charge in [0.1, 0.15) is 5.82 Å². The third-order valence-electron chi connectivity index (χ3n) is 3.61. The zero-order valence-electron chi connectivity index (χ0n) is 10.4. The Balaban J connectivity index is 1.80. The fraction of sp³-hybridized carbons (Fsp3) is 0.692. The Morgan fingerprint density at radius 1 is 1.24 bits per heavy atom. The summed E-state index contributed by atoms with van der Waals surface area (Å²) in [5, 5.41) is 0. The van der Waals surface area contributed by atoms with Gasteiger partial charge in [0.25, 0.3) is 0 Å². The molecule has 0 bridgehead atoms. The number of aryl methyl sites for hydroxylation is 1. The molecule has 0 amide bonds. The Morgan fingerprint density at radius 2 is 1.82 bits per heavy atom. The molecule has 92 valence electrons. The van der Waals surface area contributed by atoms with E-state index in [-0.39, 0.29) is 0 Å². The predicted molar refractivity (Wildman–Crippen MR) is 68.8 cm³/mol. The molecule has 0 spiro atoms. The third kappa shape index (κ3) is 2.68. The Hall–Kier alpha value is -1.32. The molecule has 0 atom stereocenters. The van der Waals surface area contributed by atoms with Crippen LogP contribution in [0.25, 0.3) is 0 Å². The van der Waals surface area contributed by atoms with E-state index in [1.165, 1.54) is 25.7 Å². The Kier molecular flexibility index (Phi) is 2.65. The van der Waals surface area contributed by atoms with E-state index in [1.807, 2.05) is 6.20 Å². The molecular formula is C13H20N4. The van der Waals surface area contributed by atoms with E-state index in [2.05, 4.69) is 21.8 Å². The highest BCUT2D eigenvalue weighted by molar-refractivity contribution is 5.48. The lowest BCUT2D eigenvalue weighted by Gasteiger charge is -2.25. The number of nitrogens with zero attached hydrogens (tertiary/aromatic N) is 3. The highest BCUT2D eigenvalue weighted by Crippen LogP contribution is 2.35. The Bertz CT molecular complexity index is 396. The SMILES string of the molecule is Cc1cnc(N)nc1N(CC1CC1)CC1CC1. The molecule has 1 heterocycles. The van der Waals surface area contributed by atoms with E-state index in [0.717, 1.165) is 36.3 Å². The molecule has 0 saturated heterocycles. The van der Waals surface area contributed by atoms with Gasteiger partial charge in [-0.1, -0.05) is 0 Å². The molecule has 1 aromatic rings. The van der Waals surface area contributed by atoms with E-state index < -0.39 is 0 Å². The predicted octanol–water partition coefficient (Wildman–Crippen LogP) is 1.99. The van der Waals surface area contributed by atoms with Crippen LogP contribution in [0, 0.1) is 18.8 Å². The molecule has 0 aliphatic heterocycles. The number of nitrogens with two attached hydrogens (primary N) is 1. The summed E-state index contributed by atoms with van der Waals surface area (Å²) in [5.74, 6) is 3.20. The minimum absolute atomic E-state index is 0.391. The van der Waals surface area contributed by atoms with Gasteiger partial charge in [0.2, 0.25) is 5.95 Å². The maximum atomic E-state index is 5.71. The first-order valence-corrected chi connectivity index (χ1v) is 6.56. The van der Waals surface area contributed by atoms with Crippen LogP contribution in [-0.4, -0.2) is 23.1 Å². The monoisotopic (exact) mass is 232 g/mol. The van der Waals surface area contributed by atoms with Gasteiger partial charge in [-0.05, 0) is 44.4 Å². The van der Waals surface area contributed by atoms with Gasteiger partial charge in [-0.25, -0.2) is 4.98 Å². The second-order valence-corrected chi connectivity index (χ2v) is 5.53. The molecule has 17 heavy (non-hydrogen) atoms. The summed E-state index contributed by atoms with van der Waals surface area (Å²) in [6, 6.07) is 0. The summed E-state index contributed by atoms with van der Waals surface area (Å²) in [4.78, 5) is 10.9. The highest BCUT2D eigenvalue weighted by atomic mass is 15.2. The third-order valence-corrected chi connectivity index (χ3v) is 3.61. The lowest BCUT2D eigenvalue weighted by molar-refractivity contribution is 0.669. The molecule has 4 heteroatoms.